The van der Waals surface area contributed by atoms with Crippen molar-refractivity contribution >= 4 is 11.6 Å². The van der Waals surface area contributed by atoms with E-state index in [4.69, 9.17) is 5.73 Å². The molecule has 2 aromatic rings. The number of anilines is 2. The normalized spacial score (nSPS) is 11.3. The SMILES string of the molecule is CC(C)(CN)Nc1cc(NCc2ccc[nH]2)ncn1. The Bertz CT molecular complexity index is 506. The highest BCUT2D eigenvalue weighted by Gasteiger charge is 2.15. The van der Waals surface area contributed by atoms with Gasteiger partial charge in [-0.05, 0) is 26.0 Å². The fourth-order valence-corrected chi connectivity index (χ4v) is 1.58. The lowest BCUT2D eigenvalue weighted by Gasteiger charge is -2.24. The molecule has 0 aliphatic carbocycles. The number of hydrogen-bond acceptors (Lipinski definition) is 5. The fraction of sp³-hybridized carbons (Fsp3) is 0.385. The highest BCUT2D eigenvalue weighted by Crippen LogP contribution is 2.14. The van der Waals surface area contributed by atoms with Gasteiger partial charge in [-0.15, -0.1) is 0 Å². The number of rotatable bonds is 6. The van der Waals surface area contributed by atoms with E-state index in [9.17, 15) is 0 Å². The summed E-state index contributed by atoms with van der Waals surface area (Å²) in [7, 11) is 0. The molecule has 0 atom stereocenters. The van der Waals surface area contributed by atoms with Gasteiger partial charge in [0.05, 0.1) is 6.54 Å². The largest absolute Gasteiger partial charge is 0.364 e. The van der Waals surface area contributed by atoms with Crippen LogP contribution >= 0.6 is 0 Å². The molecular formula is C13H20N6. The molecule has 0 unspecified atom stereocenters. The lowest BCUT2D eigenvalue weighted by molar-refractivity contribution is 0.577. The van der Waals surface area contributed by atoms with Gasteiger partial charge in [-0.3, -0.25) is 0 Å². The average Bonchev–Trinajstić information content (AvgIpc) is 2.89. The highest BCUT2D eigenvalue weighted by atomic mass is 15.1. The summed E-state index contributed by atoms with van der Waals surface area (Å²) in [6, 6.07) is 5.86. The van der Waals surface area contributed by atoms with Crippen molar-refractivity contribution in [1.82, 2.24) is 15.0 Å². The standard InChI is InChI=1S/C13H20N6/c1-13(2,8-14)19-12-6-11(17-9-18-12)16-7-10-4-3-5-15-10/h3-6,9,15H,7-8,14H2,1-2H3,(H2,16,17,18,19). The van der Waals surface area contributed by atoms with Gasteiger partial charge in [-0.2, -0.15) is 0 Å². The van der Waals surface area contributed by atoms with Crippen molar-refractivity contribution in [3.8, 4) is 0 Å². The second kappa shape index (κ2) is 5.71. The quantitative estimate of drug-likeness (QED) is 0.633. The minimum atomic E-state index is -0.189. The molecule has 0 aliphatic heterocycles. The van der Waals surface area contributed by atoms with Gasteiger partial charge < -0.3 is 21.4 Å². The molecule has 102 valence electrons. The van der Waals surface area contributed by atoms with Crippen LogP contribution in [0.2, 0.25) is 0 Å². The fourth-order valence-electron chi connectivity index (χ4n) is 1.58. The third kappa shape index (κ3) is 3.96. The third-order valence-corrected chi connectivity index (χ3v) is 2.77. The third-order valence-electron chi connectivity index (χ3n) is 2.77. The van der Waals surface area contributed by atoms with Crippen LogP contribution in [0.1, 0.15) is 19.5 Å². The predicted molar refractivity (Wildman–Crippen MR) is 76.9 cm³/mol. The van der Waals surface area contributed by atoms with Crippen LogP contribution in [0.5, 0.6) is 0 Å². The van der Waals surface area contributed by atoms with Crippen LogP contribution in [0, 0.1) is 0 Å². The van der Waals surface area contributed by atoms with E-state index in [0.717, 1.165) is 17.3 Å². The van der Waals surface area contributed by atoms with E-state index >= 15 is 0 Å². The Morgan fingerprint density at radius 1 is 1.32 bits per heavy atom. The summed E-state index contributed by atoms with van der Waals surface area (Å²) in [4.78, 5) is 11.5. The Morgan fingerprint density at radius 3 is 2.79 bits per heavy atom. The Labute approximate surface area is 112 Å². The molecule has 0 amide bonds. The van der Waals surface area contributed by atoms with Crippen molar-refractivity contribution in [2.24, 2.45) is 5.73 Å². The van der Waals surface area contributed by atoms with Crippen LogP contribution in [0.3, 0.4) is 0 Å². The van der Waals surface area contributed by atoms with Crippen LogP contribution in [0.4, 0.5) is 11.6 Å². The molecule has 0 aromatic carbocycles. The van der Waals surface area contributed by atoms with Gasteiger partial charge in [0.25, 0.3) is 0 Å². The van der Waals surface area contributed by atoms with Crippen LogP contribution in [-0.4, -0.2) is 27.0 Å². The van der Waals surface area contributed by atoms with Crippen LogP contribution in [0.25, 0.3) is 0 Å². The Kier molecular flexibility index (Phi) is 4.01. The molecule has 0 fully saturated rings. The van der Waals surface area contributed by atoms with Gasteiger partial charge in [-0.1, -0.05) is 0 Å². The van der Waals surface area contributed by atoms with Gasteiger partial charge in [0, 0.05) is 30.0 Å². The second-order valence-electron chi connectivity index (χ2n) is 5.05. The molecule has 0 bridgehead atoms. The van der Waals surface area contributed by atoms with E-state index in [-0.39, 0.29) is 5.54 Å². The molecule has 0 saturated heterocycles. The first-order valence-electron chi connectivity index (χ1n) is 6.25. The van der Waals surface area contributed by atoms with Gasteiger partial charge >= 0.3 is 0 Å². The Morgan fingerprint density at radius 2 is 2.11 bits per heavy atom. The maximum atomic E-state index is 5.69. The van der Waals surface area contributed by atoms with Crippen molar-refractivity contribution in [2.75, 3.05) is 17.2 Å². The van der Waals surface area contributed by atoms with Crippen molar-refractivity contribution in [1.29, 1.82) is 0 Å². The molecule has 2 aromatic heterocycles. The Balaban J connectivity index is 1.99. The summed E-state index contributed by atoms with van der Waals surface area (Å²) in [6.45, 7) is 5.29. The molecule has 2 heterocycles. The molecule has 0 aliphatic rings. The smallest absolute Gasteiger partial charge is 0.131 e. The number of nitrogens with two attached hydrogens (primary N) is 1. The average molecular weight is 260 g/mol. The van der Waals surface area contributed by atoms with Gasteiger partial charge in [0.2, 0.25) is 0 Å². The number of nitrogens with one attached hydrogen (secondary N) is 3. The Hall–Kier alpha value is -2.08. The van der Waals surface area contributed by atoms with E-state index in [1.165, 1.54) is 6.33 Å². The van der Waals surface area contributed by atoms with Crippen molar-refractivity contribution in [3.05, 3.63) is 36.4 Å². The summed E-state index contributed by atoms with van der Waals surface area (Å²) < 4.78 is 0. The minimum Gasteiger partial charge on any atom is -0.364 e. The zero-order valence-electron chi connectivity index (χ0n) is 11.3. The maximum Gasteiger partial charge on any atom is 0.131 e. The van der Waals surface area contributed by atoms with Crippen molar-refractivity contribution in [3.63, 3.8) is 0 Å². The van der Waals surface area contributed by atoms with Gasteiger partial charge in [0.15, 0.2) is 0 Å². The van der Waals surface area contributed by atoms with Crippen molar-refractivity contribution < 1.29 is 0 Å². The van der Waals surface area contributed by atoms with E-state index in [1.807, 2.05) is 38.2 Å². The van der Waals surface area contributed by atoms with Crippen LogP contribution < -0.4 is 16.4 Å². The molecule has 0 spiro atoms. The van der Waals surface area contributed by atoms with E-state index < -0.39 is 0 Å². The van der Waals surface area contributed by atoms with Crippen LogP contribution in [0.15, 0.2) is 30.7 Å². The van der Waals surface area contributed by atoms with Crippen LogP contribution in [-0.2, 0) is 6.54 Å². The first-order valence-corrected chi connectivity index (χ1v) is 6.25. The lowest BCUT2D eigenvalue weighted by Crippen LogP contribution is -2.39. The predicted octanol–water partition coefficient (Wildman–Crippen LogP) is 1.57. The molecule has 0 saturated carbocycles. The van der Waals surface area contributed by atoms with Crippen molar-refractivity contribution in [2.45, 2.75) is 25.9 Å². The monoisotopic (exact) mass is 260 g/mol. The number of aromatic nitrogens is 3. The molecule has 6 heteroatoms. The van der Waals surface area contributed by atoms with Gasteiger partial charge in [0.1, 0.15) is 18.0 Å². The first kappa shape index (κ1) is 13.4. The highest BCUT2D eigenvalue weighted by molar-refractivity contribution is 5.47. The number of hydrogen-bond donors (Lipinski definition) is 4. The summed E-state index contributed by atoms with van der Waals surface area (Å²) in [5.41, 5.74) is 6.61. The molecule has 19 heavy (non-hydrogen) atoms. The van der Waals surface area contributed by atoms with E-state index in [1.54, 1.807) is 0 Å². The maximum absolute atomic E-state index is 5.69. The minimum absolute atomic E-state index is 0.189. The summed E-state index contributed by atoms with van der Waals surface area (Å²) in [5.74, 6) is 1.54. The number of H-pyrrole nitrogens is 1. The molecule has 6 nitrogen and oxygen atoms in total. The number of nitrogens with zero attached hydrogens (tertiary/aromatic N) is 2. The summed E-state index contributed by atoms with van der Waals surface area (Å²) in [6.07, 6.45) is 3.43. The topological polar surface area (TPSA) is 91.7 Å². The summed E-state index contributed by atoms with van der Waals surface area (Å²) in [5, 5.41) is 6.52. The summed E-state index contributed by atoms with van der Waals surface area (Å²) >= 11 is 0. The molecular weight excluding hydrogens is 240 g/mol. The molecule has 2 rings (SSSR count). The zero-order chi connectivity index (χ0) is 13.7. The van der Waals surface area contributed by atoms with Gasteiger partial charge in [-0.25, -0.2) is 9.97 Å². The van der Waals surface area contributed by atoms with E-state index in [2.05, 4.69) is 25.6 Å². The second-order valence-corrected chi connectivity index (χ2v) is 5.05. The first-order chi connectivity index (χ1) is 9.09. The molecule has 5 N–H and O–H groups in total. The van der Waals surface area contributed by atoms with E-state index in [0.29, 0.717) is 13.1 Å². The zero-order valence-corrected chi connectivity index (χ0v) is 11.3. The molecule has 0 radical (unpaired) electrons. The lowest BCUT2D eigenvalue weighted by atomic mass is 10.1. The number of aromatic amines is 1.